The minimum Gasteiger partial charge on any atom is -0.300 e. The van der Waals surface area contributed by atoms with Crippen LogP contribution >= 0.6 is 11.3 Å². The number of hydrogen-bond acceptors (Lipinski definition) is 4. The molecule has 0 aromatic carbocycles. The number of carbonyl (C=O) groups excluding carboxylic acids is 1. The van der Waals surface area contributed by atoms with Gasteiger partial charge >= 0.3 is 0 Å². The molecule has 2 saturated carbocycles. The second-order valence-electron chi connectivity index (χ2n) is 5.13. The summed E-state index contributed by atoms with van der Waals surface area (Å²) in [5.41, 5.74) is 0. The highest BCUT2D eigenvalue weighted by molar-refractivity contribution is 7.15. The summed E-state index contributed by atoms with van der Waals surface area (Å²) in [5.74, 6) is 1.81. The van der Waals surface area contributed by atoms with Crippen LogP contribution in [0.5, 0.6) is 0 Å². The first-order valence-electron chi connectivity index (χ1n) is 6.39. The SMILES string of the molecule is CCc1nnc(NC(=O)[C@H]2C[C@@H]3CC[C@@H]2C3)s1. The molecule has 1 amide bonds. The molecular weight excluding hydrogens is 234 g/mol. The standard InChI is InChI=1S/C12H17N3OS/c1-2-10-14-15-12(17-10)13-11(16)9-6-7-3-4-8(9)5-7/h7-9H,2-6H2,1H3,(H,13,15,16)/t7-,8-,9+/m1/s1. The summed E-state index contributed by atoms with van der Waals surface area (Å²) in [4.78, 5) is 12.1. The van der Waals surface area contributed by atoms with E-state index in [-0.39, 0.29) is 11.8 Å². The fourth-order valence-corrected chi connectivity index (χ4v) is 3.89. The molecule has 2 bridgehead atoms. The first kappa shape index (κ1) is 11.1. The predicted octanol–water partition coefficient (Wildman–Crippen LogP) is 2.48. The second kappa shape index (κ2) is 4.37. The molecule has 1 heterocycles. The number of nitrogens with zero attached hydrogens (tertiary/aromatic N) is 2. The Morgan fingerprint density at radius 1 is 1.41 bits per heavy atom. The number of hydrogen-bond donors (Lipinski definition) is 1. The summed E-state index contributed by atoms with van der Waals surface area (Å²) in [5, 5.41) is 12.6. The zero-order chi connectivity index (χ0) is 11.8. The van der Waals surface area contributed by atoms with E-state index in [2.05, 4.69) is 15.5 Å². The Morgan fingerprint density at radius 3 is 2.88 bits per heavy atom. The van der Waals surface area contributed by atoms with Gasteiger partial charge in [0.1, 0.15) is 5.01 Å². The monoisotopic (exact) mass is 251 g/mol. The predicted molar refractivity (Wildman–Crippen MR) is 66.9 cm³/mol. The van der Waals surface area contributed by atoms with E-state index in [1.165, 1.54) is 30.6 Å². The van der Waals surface area contributed by atoms with Gasteiger partial charge in [-0.05, 0) is 37.5 Å². The zero-order valence-corrected chi connectivity index (χ0v) is 10.8. The molecule has 3 rings (SSSR count). The van der Waals surface area contributed by atoms with Crippen molar-refractivity contribution in [3.05, 3.63) is 5.01 Å². The van der Waals surface area contributed by atoms with E-state index in [4.69, 9.17) is 0 Å². The van der Waals surface area contributed by atoms with Crippen molar-refractivity contribution in [2.45, 2.75) is 39.0 Å². The van der Waals surface area contributed by atoms with E-state index in [1.807, 2.05) is 6.92 Å². The van der Waals surface area contributed by atoms with Crippen LogP contribution in [0, 0.1) is 17.8 Å². The molecular formula is C12H17N3OS. The Bertz CT molecular complexity index is 431. The molecule has 5 heteroatoms. The number of fused-ring (bicyclic) bond motifs is 2. The van der Waals surface area contributed by atoms with Crippen molar-refractivity contribution in [2.24, 2.45) is 17.8 Å². The van der Waals surface area contributed by atoms with Crippen LogP contribution in [0.1, 0.15) is 37.6 Å². The van der Waals surface area contributed by atoms with Gasteiger partial charge in [-0.1, -0.05) is 24.7 Å². The Morgan fingerprint density at radius 2 is 2.29 bits per heavy atom. The van der Waals surface area contributed by atoms with Crippen LogP contribution in [-0.4, -0.2) is 16.1 Å². The van der Waals surface area contributed by atoms with E-state index in [0.717, 1.165) is 23.8 Å². The fourth-order valence-electron chi connectivity index (χ4n) is 3.21. The Hall–Kier alpha value is -0.970. The van der Waals surface area contributed by atoms with Crippen LogP contribution in [0.3, 0.4) is 0 Å². The van der Waals surface area contributed by atoms with Crippen molar-refractivity contribution in [3.8, 4) is 0 Å². The highest BCUT2D eigenvalue weighted by atomic mass is 32.1. The van der Waals surface area contributed by atoms with Gasteiger partial charge in [0.2, 0.25) is 11.0 Å². The summed E-state index contributed by atoms with van der Waals surface area (Å²) in [7, 11) is 0. The van der Waals surface area contributed by atoms with Crippen molar-refractivity contribution >= 4 is 22.4 Å². The molecule has 1 N–H and O–H groups in total. The molecule has 0 aliphatic heterocycles. The molecule has 0 spiro atoms. The van der Waals surface area contributed by atoms with Gasteiger partial charge in [0.15, 0.2) is 0 Å². The second-order valence-corrected chi connectivity index (χ2v) is 6.19. The summed E-state index contributed by atoms with van der Waals surface area (Å²) in [6, 6.07) is 0. The maximum Gasteiger partial charge on any atom is 0.229 e. The number of aryl methyl sites for hydroxylation is 1. The average Bonchev–Trinajstić information content (AvgIpc) is 3.04. The summed E-state index contributed by atoms with van der Waals surface area (Å²) < 4.78 is 0. The van der Waals surface area contributed by atoms with Crippen LogP contribution in [0.4, 0.5) is 5.13 Å². The van der Waals surface area contributed by atoms with Crippen molar-refractivity contribution in [1.29, 1.82) is 0 Å². The number of rotatable bonds is 3. The van der Waals surface area contributed by atoms with Crippen LogP contribution in [0.25, 0.3) is 0 Å². The van der Waals surface area contributed by atoms with Gasteiger partial charge in [-0.2, -0.15) is 0 Å². The summed E-state index contributed by atoms with van der Waals surface area (Å²) in [6.45, 7) is 2.04. The Labute approximate surface area is 105 Å². The van der Waals surface area contributed by atoms with Gasteiger partial charge in [0.25, 0.3) is 0 Å². The molecule has 92 valence electrons. The molecule has 0 unspecified atom stereocenters. The zero-order valence-electron chi connectivity index (χ0n) is 9.98. The maximum atomic E-state index is 12.1. The lowest BCUT2D eigenvalue weighted by Gasteiger charge is -2.19. The van der Waals surface area contributed by atoms with Crippen LogP contribution in [-0.2, 0) is 11.2 Å². The van der Waals surface area contributed by atoms with Gasteiger partial charge in [-0.3, -0.25) is 4.79 Å². The highest BCUT2D eigenvalue weighted by Gasteiger charge is 2.43. The van der Waals surface area contributed by atoms with Crippen molar-refractivity contribution in [1.82, 2.24) is 10.2 Å². The lowest BCUT2D eigenvalue weighted by molar-refractivity contribution is -0.121. The summed E-state index contributed by atoms with van der Waals surface area (Å²) >= 11 is 1.49. The molecule has 2 aliphatic rings. The first-order chi connectivity index (χ1) is 8.26. The molecule has 0 saturated heterocycles. The van der Waals surface area contributed by atoms with Gasteiger partial charge in [0.05, 0.1) is 0 Å². The lowest BCUT2D eigenvalue weighted by atomic mass is 9.88. The third kappa shape index (κ3) is 2.08. The molecule has 1 aromatic heterocycles. The smallest absolute Gasteiger partial charge is 0.229 e. The number of carbonyl (C=O) groups is 1. The van der Waals surface area contributed by atoms with Crippen molar-refractivity contribution in [3.63, 3.8) is 0 Å². The third-order valence-corrected chi connectivity index (χ3v) is 5.06. The van der Waals surface area contributed by atoms with Gasteiger partial charge in [0, 0.05) is 5.92 Å². The number of nitrogens with one attached hydrogen (secondary N) is 1. The van der Waals surface area contributed by atoms with E-state index in [9.17, 15) is 4.79 Å². The average molecular weight is 251 g/mol. The maximum absolute atomic E-state index is 12.1. The van der Waals surface area contributed by atoms with Crippen LogP contribution in [0.2, 0.25) is 0 Å². The molecule has 3 atom stereocenters. The largest absolute Gasteiger partial charge is 0.300 e. The molecule has 17 heavy (non-hydrogen) atoms. The number of aromatic nitrogens is 2. The van der Waals surface area contributed by atoms with Crippen LogP contribution < -0.4 is 5.32 Å². The molecule has 4 nitrogen and oxygen atoms in total. The minimum absolute atomic E-state index is 0.163. The van der Waals surface area contributed by atoms with E-state index >= 15 is 0 Å². The van der Waals surface area contributed by atoms with E-state index in [1.54, 1.807) is 0 Å². The number of amides is 1. The molecule has 2 fully saturated rings. The topological polar surface area (TPSA) is 54.9 Å². The van der Waals surface area contributed by atoms with E-state index in [0.29, 0.717) is 11.0 Å². The quantitative estimate of drug-likeness (QED) is 0.898. The number of anilines is 1. The van der Waals surface area contributed by atoms with Crippen molar-refractivity contribution in [2.75, 3.05) is 5.32 Å². The highest BCUT2D eigenvalue weighted by Crippen LogP contribution is 2.48. The normalized spacial score (nSPS) is 30.8. The van der Waals surface area contributed by atoms with Crippen molar-refractivity contribution < 1.29 is 4.79 Å². The van der Waals surface area contributed by atoms with Gasteiger partial charge in [-0.25, -0.2) is 0 Å². The molecule has 2 aliphatic carbocycles. The Kier molecular flexibility index (Phi) is 2.86. The van der Waals surface area contributed by atoms with Crippen LogP contribution in [0.15, 0.2) is 0 Å². The van der Waals surface area contributed by atoms with Gasteiger partial charge in [-0.15, -0.1) is 10.2 Å². The third-order valence-electron chi connectivity index (χ3n) is 4.07. The van der Waals surface area contributed by atoms with E-state index < -0.39 is 0 Å². The minimum atomic E-state index is 0.163. The summed E-state index contributed by atoms with van der Waals surface area (Å²) in [6.07, 6.45) is 5.78. The molecule has 0 radical (unpaired) electrons. The first-order valence-corrected chi connectivity index (χ1v) is 7.21. The molecule has 1 aromatic rings. The lowest BCUT2D eigenvalue weighted by Crippen LogP contribution is -2.27. The fraction of sp³-hybridized carbons (Fsp3) is 0.750. The Balaban J connectivity index is 1.63. The van der Waals surface area contributed by atoms with Gasteiger partial charge < -0.3 is 5.32 Å².